The highest BCUT2D eigenvalue weighted by Gasteiger charge is 2.39. The molecule has 5 heteroatoms. The van der Waals surface area contributed by atoms with Crippen molar-refractivity contribution in [2.45, 2.75) is 71.1 Å². The first-order chi connectivity index (χ1) is 8.98. The molecule has 0 radical (unpaired) electrons. The van der Waals surface area contributed by atoms with E-state index in [-0.39, 0.29) is 24.3 Å². The molecule has 4 nitrogen and oxygen atoms in total. The van der Waals surface area contributed by atoms with Crippen LogP contribution in [0.5, 0.6) is 0 Å². The monoisotopic (exact) mass is 286 g/mol. The summed E-state index contributed by atoms with van der Waals surface area (Å²) in [6, 6.07) is 3.23. The average Bonchev–Trinajstić information content (AvgIpc) is 2.39. The zero-order chi connectivity index (χ0) is 14.5. The molecule has 0 aromatic heterocycles. The van der Waals surface area contributed by atoms with Crippen LogP contribution in [-0.2, 0) is 18.7 Å². The molecule has 3 atom stereocenters. The molecule has 0 saturated heterocycles. The van der Waals surface area contributed by atoms with Crippen molar-refractivity contribution in [1.29, 1.82) is 0 Å². The summed E-state index contributed by atoms with van der Waals surface area (Å²) in [5, 5.41) is 0. The Hall–Kier alpha value is -0.813. The third-order valence-electron chi connectivity index (χ3n) is 3.97. The first-order valence-corrected chi connectivity index (χ1v) is 9.68. The lowest BCUT2D eigenvalue weighted by Crippen LogP contribution is -2.49. The van der Waals surface area contributed by atoms with Crippen molar-refractivity contribution in [3.8, 4) is 0 Å². The second kappa shape index (κ2) is 7.10. The van der Waals surface area contributed by atoms with Gasteiger partial charge in [-0.2, -0.15) is 0 Å². The Morgan fingerprint density at radius 1 is 1.26 bits per heavy atom. The van der Waals surface area contributed by atoms with Crippen molar-refractivity contribution >= 4 is 14.3 Å². The Morgan fingerprint density at radius 2 is 1.84 bits per heavy atom. The molecule has 0 aromatic rings. The smallest absolute Gasteiger partial charge is 0.303 e. The van der Waals surface area contributed by atoms with Crippen LogP contribution >= 0.6 is 0 Å². The van der Waals surface area contributed by atoms with Crippen molar-refractivity contribution in [3.05, 3.63) is 12.3 Å². The van der Waals surface area contributed by atoms with Gasteiger partial charge in [0.25, 0.3) is 0 Å². The summed E-state index contributed by atoms with van der Waals surface area (Å²) in [5.41, 5.74) is 0. The Kier molecular flexibility index (Phi) is 6.07. The van der Waals surface area contributed by atoms with Gasteiger partial charge in [-0.05, 0) is 31.1 Å². The number of carbonyl (C=O) groups excluding carboxylic acids is 1. The van der Waals surface area contributed by atoms with Gasteiger partial charge < -0.3 is 13.9 Å². The zero-order valence-electron chi connectivity index (χ0n) is 12.6. The topological polar surface area (TPSA) is 44.8 Å². The molecular weight excluding hydrogens is 260 g/mol. The Labute approximate surface area is 117 Å². The number of esters is 1. The van der Waals surface area contributed by atoms with E-state index in [0.717, 1.165) is 18.1 Å². The maximum atomic E-state index is 11.2. The molecule has 1 aliphatic rings. The molecule has 0 fully saturated rings. The molecule has 0 saturated carbocycles. The van der Waals surface area contributed by atoms with Crippen molar-refractivity contribution in [3.63, 3.8) is 0 Å². The van der Waals surface area contributed by atoms with Crippen LogP contribution in [0.1, 0.15) is 34.6 Å². The van der Waals surface area contributed by atoms with E-state index in [1.165, 1.54) is 6.92 Å². The minimum absolute atomic E-state index is 0.170. The van der Waals surface area contributed by atoms with E-state index < -0.39 is 8.32 Å². The summed E-state index contributed by atoms with van der Waals surface area (Å²) in [6.07, 6.45) is 2.83. The summed E-state index contributed by atoms with van der Waals surface area (Å²) in [7, 11) is -1.73. The van der Waals surface area contributed by atoms with Crippen LogP contribution in [0.15, 0.2) is 12.3 Å². The van der Waals surface area contributed by atoms with Crippen molar-refractivity contribution in [1.82, 2.24) is 0 Å². The van der Waals surface area contributed by atoms with Gasteiger partial charge in [-0.15, -0.1) is 0 Å². The van der Waals surface area contributed by atoms with E-state index in [4.69, 9.17) is 13.9 Å². The number of rotatable bonds is 6. The number of hydrogen-bond donors (Lipinski definition) is 0. The molecule has 1 rings (SSSR count). The third-order valence-corrected chi connectivity index (χ3v) is 8.61. The van der Waals surface area contributed by atoms with Crippen LogP contribution in [0.3, 0.4) is 0 Å². The predicted molar refractivity (Wildman–Crippen MR) is 77.3 cm³/mol. The van der Waals surface area contributed by atoms with Gasteiger partial charge in [-0.1, -0.05) is 20.8 Å². The highest BCUT2D eigenvalue weighted by atomic mass is 28.4. The molecule has 1 aliphatic heterocycles. The lowest BCUT2D eigenvalue weighted by Gasteiger charge is -2.38. The minimum Gasteiger partial charge on any atom is -0.495 e. The number of hydrogen-bond acceptors (Lipinski definition) is 4. The molecule has 0 aromatic carbocycles. The van der Waals surface area contributed by atoms with Crippen LogP contribution in [0.4, 0.5) is 0 Å². The van der Waals surface area contributed by atoms with Crippen molar-refractivity contribution in [2.24, 2.45) is 0 Å². The third kappa shape index (κ3) is 4.08. The highest BCUT2D eigenvalue weighted by Crippen LogP contribution is 2.28. The van der Waals surface area contributed by atoms with E-state index >= 15 is 0 Å². The fourth-order valence-corrected chi connectivity index (χ4v) is 5.24. The van der Waals surface area contributed by atoms with E-state index in [9.17, 15) is 4.79 Å². The molecule has 0 bridgehead atoms. The summed E-state index contributed by atoms with van der Waals surface area (Å²) >= 11 is 0. The van der Waals surface area contributed by atoms with Crippen LogP contribution in [0, 0.1) is 0 Å². The van der Waals surface area contributed by atoms with Gasteiger partial charge in [0, 0.05) is 6.92 Å². The van der Waals surface area contributed by atoms with E-state index in [0.29, 0.717) is 0 Å². The van der Waals surface area contributed by atoms with Crippen molar-refractivity contribution in [2.75, 3.05) is 0 Å². The molecule has 0 unspecified atom stereocenters. The van der Waals surface area contributed by atoms with E-state index in [1.807, 2.05) is 13.0 Å². The molecule has 1 heterocycles. The van der Waals surface area contributed by atoms with Crippen LogP contribution < -0.4 is 0 Å². The second-order valence-electron chi connectivity index (χ2n) is 5.07. The standard InChI is InChI=1S/C14H26O4Si/c1-6-19(7-2,8-3)18-13-9-10-16-11(4)14(13)17-12(5)15/h9-11,13-14H,6-8H2,1-5H3/t11-,13-,14-/m1/s1. The first kappa shape index (κ1) is 16.2. The van der Waals surface area contributed by atoms with E-state index in [1.54, 1.807) is 6.26 Å². The number of carbonyl (C=O) groups is 1. The fraction of sp³-hybridized carbons (Fsp3) is 0.786. The van der Waals surface area contributed by atoms with Gasteiger partial charge in [0.15, 0.2) is 14.4 Å². The molecule has 0 spiro atoms. The van der Waals surface area contributed by atoms with Crippen LogP contribution in [-0.4, -0.2) is 32.6 Å². The maximum Gasteiger partial charge on any atom is 0.303 e. The number of ether oxygens (including phenoxy) is 2. The first-order valence-electron chi connectivity index (χ1n) is 7.15. The van der Waals surface area contributed by atoms with Gasteiger partial charge in [0.1, 0.15) is 12.2 Å². The van der Waals surface area contributed by atoms with Crippen LogP contribution in [0.25, 0.3) is 0 Å². The molecule has 0 N–H and O–H groups in total. The Morgan fingerprint density at radius 3 is 2.32 bits per heavy atom. The normalized spacial score (nSPS) is 26.9. The lowest BCUT2D eigenvalue weighted by atomic mass is 10.1. The lowest BCUT2D eigenvalue weighted by molar-refractivity contribution is -0.159. The van der Waals surface area contributed by atoms with Gasteiger partial charge in [-0.3, -0.25) is 4.79 Å². The van der Waals surface area contributed by atoms with Crippen molar-refractivity contribution < 1.29 is 18.7 Å². The summed E-state index contributed by atoms with van der Waals surface area (Å²) in [6.45, 7) is 9.89. The molecule has 19 heavy (non-hydrogen) atoms. The largest absolute Gasteiger partial charge is 0.495 e. The Bertz CT molecular complexity index is 317. The summed E-state index contributed by atoms with van der Waals surface area (Å²) in [4.78, 5) is 11.2. The average molecular weight is 286 g/mol. The molecule has 0 amide bonds. The summed E-state index contributed by atoms with van der Waals surface area (Å²) < 4.78 is 17.2. The maximum absolute atomic E-state index is 11.2. The Balaban J connectivity index is 2.85. The summed E-state index contributed by atoms with van der Waals surface area (Å²) in [5.74, 6) is -0.291. The molecular formula is C14H26O4Si. The quantitative estimate of drug-likeness (QED) is 0.555. The van der Waals surface area contributed by atoms with Gasteiger partial charge in [-0.25, -0.2) is 0 Å². The second-order valence-corrected chi connectivity index (χ2v) is 9.79. The molecule has 110 valence electrons. The SMILES string of the molecule is CC[Si](CC)(CC)O[C@@H]1C=CO[C@H](C)[C@H]1OC(C)=O. The van der Waals surface area contributed by atoms with Gasteiger partial charge in [0.2, 0.25) is 0 Å². The minimum atomic E-state index is -1.73. The fourth-order valence-electron chi connectivity index (χ4n) is 2.45. The van der Waals surface area contributed by atoms with Crippen LogP contribution in [0.2, 0.25) is 18.1 Å². The predicted octanol–water partition coefficient (Wildman–Crippen LogP) is 3.24. The van der Waals surface area contributed by atoms with Gasteiger partial charge >= 0.3 is 5.97 Å². The van der Waals surface area contributed by atoms with E-state index in [2.05, 4.69) is 20.8 Å². The highest BCUT2D eigenvalue weighted by molar-refractivity contribution is 6.73. The molecule has 0 aliphatic carbocycles. The van der Waals surface area contributed by atoms with Gasteiger partial charge in [0.05, 0.1) is 6.26 Å². The zero-order valence-corrected chi connectivity index (χ0v) is 13.6.